The molecule has 0 amide bonds. The molecule has 0 aromatic heterocycles. The molecule has 7 heteroatoms. The molecular formula is C23H21FN2O3S. The highest BCUT2D eigenvalue weighted by Gasteiger charge is 2.37. The zero-order valence-electron chi connectivity index (χ0n) is 16.7. The molecule has 0 saturated heterocycles. The predicted molar refractivity (Wildman–Crippen MR) is 115 cm³/mol. The van der Waals surface area contributed by atoms with Gasteiger partial charge in [-0.3, -0.25) is 0 Å². The van der Waals surface area contributed by atoms with E-state index in [0.717, 1.165) is 10.7 Å². The maximum atomic E-state index is 13.8. The number of allylic oxidation sites excluding steroid dienone is 1. The van der Waals surface area contributed by atoms with Gasteiger partial charge in [0, 0.05) is 11.8 Å². The number of nitrogens with zero attached hydrogens (tertiary/aromatic N) is 2. The normalized spacial score (nSPS) is 17.6. The van der Waals surface area contributed by atoms with Gasteiger partial charge in [-0.1, -0.05) is 42.1 Å². The molecule has 4 rings (SSSR count). The molecule has 0 bridgehead atoms. The summed E-state index contributed by atoms with van der Waals surface area (Å²) in [6.07, 6.45) is 1.92. The van der Waals surface area contributed by atoms with E-state index in [9.17, 15) is 9.18 Å². The van der Waals surface area contributed by atoms with E-state index in [2.05, 4.69) is 4.99 Å². The van der Waals surface area contributed by atoms with Crippen molar-refractivity contribution in [1.29, 1.82) is 0 Å². The predicted octanol–water partition coefficient (Wildman–Crippen LogP) is 5.17. The second-order valence-electron chi connectivity index (χ2n) is 6.78. The average molecular weight is 424 g/mol. The first-order valence-electron chi connectivity index (χ1n) is 9.63. The van der Waals surface area contributed by atoms with Gasteiger partial charge in [-0.25, -0.2) is 14.2 Å². The zero-order valence-corrected chi connectivity index (χ0v) is 17.5. The number of amidine groups is 1. The number of carbonyl (C=O) groups is 1. The Bertz CT molecular complexity index is 1050. The molecule has 0 spiro atoms. The minimum Gasteiger partial charge on any atom is -0.489 e. The summed E-state index contributed by atoms with van der Waals surface area (Å²) in [5.74, 6) is -0.0365. The van der Waals surface area contributed by atoms with Crippen LogP contribution in [0.3, 0.4) is 0 Å². The summed E-state index contributed by atoms with van der Waals surface area (Å²) in [6.45, 7) is 4.05. The fourth-order valence-electron chi connectivity index (χ4n) is 3.42. The lowest BCUT2D eigenvalue weighted by Crippen LogP contribution is -2.34. The molecule has 2 aliphatic rings. The van der Waals surface area contributed by atoms with Gasteiger partial charge in [0.15, 0.2) is 5.17 Å². The number of halogens is 1. The van der Waals surface area contributed by atoms with Crippen LogP contribution in [0.2, 0.25) is 0 Å². The van der Waals surface area contributed by atoms with Crippen molar-refractivity contribution in [2.45, 2.75) is 26.5 Å². The summed E-state index contributed by atoms with van der Waals surface area (Å²) in [4.78, 5) is 19.2. The van der Waals surface area contributed by atoms with Gasteiger partial charge >= 0.3 is 5.97 Å². The summed E-state index contributed by atoms with van der Waals surface area (Å²) in [5, 5.41) is 2.77. The lowest BCUT2D eigenvalue weighted by atomic mass is 9.95. The Morgan fingerprint density at radius 2 is 1.97 bits per heavy atom. The van der Waals surface area contributed by atoms with Gasteiger partial charge in [0.1, 0.15) is 18.2 Å². The van der Waals surface area contributed by atoms with Crippen LogP contribution in [0.5, 0.6) is 5.75 Å². The smallest absolute Gasteiger partial charge is 0.338 e. The number of aliphatic imine (C=N–C) groups is 1. The largest absolute Gasteiger partial charge is 0.489 e. The third kappa shape index (κ3) is 3.98. The number of ether oxygens (including phenoxy) is 2. The third-order valence-corrected chi connectivity index (χ3v) is 5.63. The fourth-order valence-corrected chi connectivity index (χ4v) is 4.21. The van der Waals surface area contributed by atoms with Crippen molar-refractivity contribution in [3.63, 3.8) is 0 Å². The molecule has 0 radical (unpaired) electrons. The Kier molecular flexibility index (Phi) is 5.90. The summed E-state index contributed by atoms with van der Waals surface area (Å²) in [7, 11) is 0. The molecule has 5 nitrogen and oxygen atoms in total. The fraction of sp³-hybridized carbons (Fsp3) is 0.217. The number of carbonyl (C=O) groups excluding carboxylic acids is 1. The molecule has 0 fully saturated rings. The highest BCUT2D eigenvalue weighted by atomic mass is 32.2. The van der Waals surface area contributed by atoms with Gasteiger partial charge in [-0.05, 0) is 43.0 Å². The number of hydrogen-bond acceptors (Lipinski definition) is 6. The van der Waals surface area contributed by atoms with E-state index in [1.54, 1.807) is 25.1 Å². The van der Waals surface area contributed by atoms with Crippen LogP contribution in [0.1, 0.15) is 31.0 Å². The van der Waals surface area contributed by atoms with E-state index in [1.807, 2.05) is 47.7 Å². The molecule has 0 N–H and O–H groups in total. The molecule has 0 aliphatic carbocycles. The van der Waals surface area contributed by atoms with E-state index in [4.69, 9.17) is 9.47 Å². The third-order valence-electron chi connectivity index (χ3n) is 4.86. The van der Waals surface area contributed by atoms with Crippen LogP contribution in [-0.2, 0) is 16.1 Å². The van der Waals surface area contributed by atoms with Crippen LogP contribution >= 0.6 is 11.8 Å². The second-order valence-corrected chi connectivity index (χ2v) is 7.65. The van der Waals surface area contributed by atoms with E-state index < -0.39 is 0 Å². The molecule has 2 heterocycles. The van der Waals surface area contributed by atoms with Crippen molar-refractivity contribution < 1.29 is 18.7 Å². The first-order chi connectivity index (χ1) is 14.6. The van der Waals surface area contributed by atoms with Crippen LogP contribution in [0.15, 0.2) is 76.4 Å². The molecule has 0 saturated carbocycles. The summed E-state index contributed by atoms with van der Waals surface area (Å²) >= 11 is 1.51. The summed E-state index contributed by atoms with van der Waals surface area (Å²) in [6, 6.07) is 13.7. The minimum atomic E-state index is -0.368. The van der Waals surface area contributed by atoms with Crippen molar-refractivity contribution >= 4 is 22.9 Å². The standard InChI is InChI=1S/C23H21FN2O3S/c1-3-28-22(27)20-15(2)25-23-26(12-13-30-23)21(20)16-8-10-18(11-9-16)29-14-17-6-4-5-7-19(17)24/h4-13,21H,3,14H2,1-2H3. The number of hydrogen-bond donors (Lipinski definition) is 0. The molecule has 154 valence electrons. The molecule has 2 aliphatic heterocycles. The van der Waals surface area contributed by atoms with Crippen molar-refractivity contribution in [2.24, 2.45) is 4.99 Å². The molecular weight excluding hydrogens is 403 g/mol. The number of rotatable bonds is 6. The summed E-state index contributed by atoms with van der Waals surface area (Å²) in [5.41, 5.74) is 2.58. The number of thioether (sulfide) groups is 1. The van der Waals surface area contributed by atoms with E-state index in [0.29, 0.717) is 29.2 Å². The Labute approximate surface area is 178 Å². The molecule has 2 aromatic rings. The molecule has 1 unspecified atom stereocenters. The van der Waals surface area contributed by atoms with Gasteiger partial charge in [0.2, 0.25) is 0 Å². The second kappa shape index (κ2) is 8.75. The van der Waals surface area contributed by atoms with Crippen molar-refractivity contribution in [1.82, 2.24) is 4.90 Å². The molecule has 30 heavy (non-hydrogen) atoms. The molecule has 2 aromatic carbocycles. The number of benzene rings is 2. The maximum absolute atomic E-state index is 13.8. The average Bonchev–Trinajstić information content (AvgIpc) is 3.21. The van der Waals surface area contributed by atoms with E-state index in [1.165, 1.54) is 17.8 Å². The van der Waals surface area contributed by atoms with Crippen LogP contribution in [0.25, 0.3) is 0 Å². The quantitative estimate of drug-likeness (QED) is 0.599. The Balaban J connectivity index is 1.58. The van der Waals surface area contributed by atoms with Crippen LogP contribution < -0.4 is 4.74 Å². The minimum absolute atomic E-state index is 0.144. The topological polar surface area (TPSA) is 51.1 Å². The first-order valence-corrected chi connectivity index (χ1v) is 10.5. The summed E-state index contributed by atoms with van der Waals surface area (Å²) < 4.78 is 24.8. The number of fused-ring (bicyclic) bond motifs is 1. The van der Waals surface area contributed by atoms with E-state index in [-0.39, 0.29) is 24.4 Å². The lowest BCUT2D eigenvalue weighted by molar-refractivity contribution is -0.139. The maximum Gasteiger partial charge on any atom is 0.338 e. The van der Waals surface area contributed by atoms with Crippen LogP contribution in [0.4, 0.5) is 4.39 Å². The monoisotopic (exact) mass is 424 g/mol. The van der Waals surface area contributed by atoms with Gasteiger partial charge < -0.3 is 14.4 Å². The highest BCUT2D eigenvalue weighted by molar-refractivity contribution is 8.16. The Morgan fingerprint density at radius 3 is 2.70 bits per heavy atom. The van der Waals surface area contributed by atoms with Crippen LogP contribution in [0, 0.1) is 5.82 Å². The van der Waals surface area contributed by atoms with Gasteiger partial charge in [-0.15, -0.1) is 0 Å². The Morgan fingerprint density at radius 1 is 1.20 bits per heavy atom. The van der Waals surface area contributed by atoms with Gasteiger partial charge in [0.05, 0.1) is 23.9 Å². The lowest BCUT2D eigenvalue weighted by Gasteiger charge is -2.33. The first kappa shape index (κ1) is 20.2. The van der Waals surface area contributed by atoms with Crippen molar-refractivity contribution in [3.05, 3.63) is 88.4 Å². The van der Waals surface area contributed by atoms with Gasteiger partial charge in [0.25, 0.3) is 0 Å². The highest BCUT2D eigenvalue weighted by Crippen LogP contribution is 2.41. The number of esters is 1. The zero-order chi connectivity index (χ0) is 21.1. The van der Waals surface area contributed by atoms with Gasteiger partial charge in [-0.2, -0.15) is 0 Å². The van der Waals surface area contributed by atoms with Crippen molar-refractivity contribution in [2.75, 3.05) is 6.61 Å². The molecule has 1 atom stereocenters. The van der Waals surface area contributed by atoms with E-state index >= 15 is 0 Å². The van der Waals surface area contributed by atoms with Crippen LogP contribution in [-0.4, -0.2) is 22.6 Å². The van der Waals surface area contributed by atoms with Crippen molar-refractivity contribution in [3.8, 4) is 5.75 Å². The SMILES string of the molecule is CCOC(=O)C1=C(C)N=C2SC=CN2C1c1ccc(OCc2ccccc2F)cc1. The Hall–Kier alpha value is -3.06.